The van der Waals surface area contributed by atoms with Gasteiger partial charge < -0.3 is 10.4 Å². The highest BCUT2D eigenvalue weighted by Crippen LogP contribution is 2.39. The van der Waals surface area contributed by atoms with Crippen molar-refractivity contribution in [2.75, 3.05) is 5.32 Å². The standard InChI is InChI=1S/C27H21F4N5O2/c1-15(37)17-8-11-36-23(12-17)25(24(34-36)16-6-4-3-5-7-16)32-26(38)19-13-18(22-9-10-35(2)33-22)20(14-21(19)28)27(29,30)31/h3-15,37H,1-2H3,(H,32,38)/t15-/m0/s1. The molecule has 5 rings (SSSR count). The minimum atomic E-state index is -4.87. The molecule has 5 aromatic rings. The average molecular weight is 523 g/mol. The van der Waals surface area contributed by atoms with Gasteiger partial charge in [-0.3, -0.25) is 9.48 Å². The molecule has 0 aliphatic carbocycles. The van der Waals surface area contributed by atoms with Gasteiger partial charge in [0.05, 0.1) is 34.1 Å². The van der Waals surface area contributed by atoms with Crippen molar-refractivity contribution in [2.24, 2.45) is 7.05 Å². The molecule has 38 heavy (non-hydrogen) atoms. The molecule has 0 saturated heterocycles. The van der Waals surface area contributed by atoms with E-state index in [1.54, 1.807) is 55.6 Å². The van der Waals surface area contributed by atoms with Gasteiger partial charge in [0.2, 0.25) is 0 Å². The van der Waals surface area contributed by atoms with Gasteiger partial charge in [-0.15, -0.1) is 0 Å². The zero-order valence-corrected chi connectivity index (χ0v) is 20.2. The summed E-state index contributed by atoms with van der Waals surface area (Å²) in [5.74, 6) is -2.31. The molecule has 0 aliphatic heterocycles. The summed E-state index contributed by atoms with van der Waals surface area (Å²) in [7, 11) is 1.53. The first-order chi connectivity index (χ1) is 18.0. The summed E-state index contributed by atoms with van der Waals surface area (Å²) in [6.07, 6.45) is -2.63. The van der Waals surface area contributed by atoms with Crippen LogP contribution >= 0.6 is 0 Å². The van der Waals surface area contributed by atoms with Crippen LogP contribution in [0.3, 0.4) is 0 Å². The Labute approximate surface area is 214 Å². The van der Waals surface area contributed by atoms with Gasteiger partial charge in [0.15, 0.2) is 0 Å². The minimum absolute atomic E-state index is 0.0589. The van der Waals surface area contributed by atoms with Crippen molar-refractivity contribution in [3.8, 4) is 22.5 Å². The Balaban J connectivity index is 1.65. The lowest BCUT2D eigenvalue weighted by atomic mass is 9.99. The number of amides is 1. The number of alkyl halides is 3. The third-order valence-corrected chi connectivity index (χ3v) is 6.07. The monoisotopic (exact) mass is 523 g/mol. The van der Waals surface area contributed by atoms with E-state index in [-0.39, 0.29) is 11.4 Å². The lowest BCUT2D eigenvalue weighted by molar-refractivity contribution is -0.137. The van der Waals surface area contributed by atoms with Crippen LogP contribution in [0.4, 0.5) is 23.2 Å². The van der Waals surface area contributed by atoms with Crippen LogP contribution in [0.1, 0.15) is 34.5 Å². The highest BCUT2D eigenvalue weighted by Gasteiger charge is 2.36. The van der Waals surface area contributed by atoms with Gasteiger partial charge in [-0.1, -0.05) is 30.3 Å². The molecule has 0 fully saturated rings. The van der Waals surface area contributed by atoms with Crippen LogP contribution < -0.4 is 5.32 Å². The number of aliphatic hydroxyl groups is 1. The SMILES string of the molecule is C[C@H](O)c1ccn2nc(-c3ccccc3)c(NC(=O)c3cc(-c4ccn(C)n4)c(C(F)(F)F)cc3F)c2c1. The second-order valence-corrected chi connectivity index (χ2v) is 8.76. The fourth-order valence-electron chi connectivity index (χ4n) is 4.18. The normalized spacial score (nSPS) is 12.6. The number of aryl methyl sites for hydroxylation is 1. The molecule has 7 nitrogen and oxygen atoms in total. The first kappa shape index (κ1) is 25.2. The molecule has 1 amide bonds. The number of halogens is 4. The van der Waals surface area contributed by atoms with E-state index in [0.29, 0.717) is 28.4 Å². The van der Waals surface area contributed by atoms with Crippen LogP contribution in [-0.2, 0) is 13.2 Å². The largest absolute Gasteiger partial charge is 0.417 e. The molecule has 2 N–H and O–H groups in total. The van der Waals surface area contributed by atoms with Crippen molar-refractivity contribution in [1.29, 1.82) is 0 Å². The zero-order chi connectivity index (χ0) is 27.2. The number of hydrogen-bond donors (Lipinski definition) is 2. The van der Waals surface area contributed by atoms with Gasteiger partial charge in [-0.25, -0.2) is 8.91 Å². The van der Waals surface area contributed by atoms with Crippen molar-refractivity contribution < 1.29 is 27.5 Å². The number of rotatable bonds is 5. The van der Waals surface area contributed by atoms with E-state index < -0.39 is 40.7 Å². The van der Waals surface area contributed by atoms with Crippen LogP contribution in [0.25, 0.3) is 28.0 Å². The summed E-state index contributed by atoms with van der Waals surface area (Å²) in [6.45, 7) is 1.58. The molecule has 0 bridgehead atoms. The maximum Gasteiger partial charge on any atom is 0.417 e. The van der Waals surface area contributed by atoms with E-state index in [0.717, 1.165) is 6.07 Å². The Bertz CT molecular complexity index is 1660. The summed E-state index contributed by atoms with van der Waals surface area (Å²) in [5.41, 5.74) is -0.149. The van der Waals surface area contributed by atoms with Gasteiger partial charge in [-0.05, 0) is 42.8 Å². The number of aromatic nitrogens is 4. The predicted octanol–water partition coefficient (Wildman–Crippen LogP) is 5.87. The van der Waals surface area contributed by atoms with Gasteiger partial charge in [0, 0.05) is 30.6 Å². The van der Waals surface area contributed by atoms with Gasteiger partial charge >= 0.3 is 6.18 Å². The summed E-state index contributed by atoms with van der Waals surface area (Å²) >= 11 is 0. The van der Waals surface area contributed by atoms with Crippen molar-refractivity contribution >= 4 is 17.1 Å². The number of nitrogens with zero attached hydrogens (tertiary/aromatic N) is 4. The lowest BCUT2D eigenvalue weighted by Gasteiger charge is -2.15. The lowest BCUT2D eigenvalue weighted by Crippen LogP contribution is -2.17. The van der Waals surface area contributed by atoms with Crippen molar-refractivity contribution in [3.05, 3.63) is 95.6 Å². The molecule has 2 aromatic carbocycles. The number of aliphatic hydroxyl groups excluding tert-OH is 1. The quantitative estimate of drug-likeness (QED) is 0.283. The van der Waals surface area contributed by atoms with Crippen molar-refractivity contribution in [1.82, 2.24) is 19.4 Å². The molecule has 0 aliphatic rings. The molecule has 3 heterocycles. The third kappa shape index (κ3) is 4.63. The third-order valence-electron chi connectivity index (χ3n) is 6.07. The molecular formula is C27H21F4N5O2. The topological polar surface area (TPSA) is 84.5 Å². The maximum atomic E-state index is 15.0. The molecule has 11 heteroatoms. The van der Waals surface area contributed by atoms with E-state index in [1.807, 2.05) is 0 Å². The van der Waals surface area contributed by atoms with Gasteiger partial charge in [0.25, 0.3) is 5.91 Å². The number of nitrogens with one attached hydrogen (secondary N) is 1. The van der Waals surface area contributed by atoms with E-state index in [2.05, 4.69) is 15.5 Å². The summed E-state index contributed by atoms with van der Waals surface area (Å²) < 4.78 is 59.1. The first-order valence-electron chi connectivity index (χ1n) is 11.5. The molecular weight excluding hydrogens is 502 g/mol. The van der Waals surface area contributed by atoms with Crippen LogP contribution in [0.15, 0.2) is 73.1 Å². The summed E-state index contributed by atoms with van der Waals surface area (Å²) in [4.78, 5) is 13.4. The second kappa shape index (κ2) is 9.42. The molecule has 0 saturated carbocycles. The highest BCUT2D eigenvalue weighted by atomic mass is 19.4. The van der Waals surface area contributed by atoms with E-state index in [4.69, 9.17) is 0 Å². The Morgan fingerprint density at radius 3 is 2.39 bits per heavy atom. The number of fused-ring (bicyclic) bond motifs is 1. The fraction of sp³-hybridized carbons (Fsp3) is 0.148. The van der Waals surface area contributed by atoms with E-state index >= 15 is 4.39 Å². The summed E-state index contributed by atoms with van der Waals surface area (Å²) in [6, 6.07) is 14.7. The number of hydrogen-bond acceptors (Lipinski definition) is 4. The van der Waals surface area contributed by atoms with E-state index in [1.165, 1.54) is 28.5 Å². The van der Waals surface area contributed by atoms with Crippen molar-refractivity contribution in [3.63, 3.8) is 0 Å². The second-order valence-electron chi connectivity index (χ2n) is 8.76. The van der Waals surface area contributed by atoms with Crippen LogP contribution in [0.2, 0.25) is 0 Å². The van der Waals surface area contributed by atoms with Gasteiger partial charge in [-0.2, -0.15) is 23.4 Å². The Kier molecular flexibility index (Phi) is 6.23. The molecule has 0 radical (unpaired) electrons. The highest BCUT2D eigenvalue weighted by molar-refractivity contribution is 6.09. The molecule has 1 atom stereocenters. The predicted molar refractivity (Wildman–Crippen MR) is 133 cm³/mol. The molecule has 3 aromatic heterocycles. The Morgan fingerprint density at radius 2 is 1.76 bits per heavy atom. The first-order valence-corrected chi connectivity index (χ1v) is 11.5. The summed E-state index contributed by atoms with van der Waals surface area (Å²) in [5, 5.41) is 21.2. The smallest absolute Gasteiger partial charge is 0.389 e. The number of pyridine rings is 1. The molecule has 0 spiro atoms. The van der Waals surface area contributed by atoms with Crippen molar-refractivity contribution in [2.45, 2.75) is 19.2 Å². The number of carbonyl (C=O) groups excluding carboxylic acids is 1. The fourth-order valence-corrected chi connectivity index (χ4v) is 4.18. The van der Waals surface area contributed by atoms with Crippen LogP contribution in [0, 0.1) is 5.82 Å². The number of benzene rings is 2. The van der Waals surface area contributed by atoms with E-state index in [9.17, 15) is 23.1 Å². The Hall–Kier alpha value is -4.51. The zero-order valence-electron chi connectivity index (χ0n) is 20.2. The Morgan fingerprint density at radius 1 is 1.03 bits per heavy atom. The number of anilines is 1. The van der Waals surface area contributed by atoms with Crippen LogP contribution in [-0.4, -0.2) is 30.4 Å². The van der Waals surface area contributed by atoms with Crippen LogP contribution in [0.5, 0.6) is 0 Å². The average Bonchev–Trinajstić information content (AvgIpc) is 3.47. The van der Waals surface area contributed by atoms with Gasteiger partial charge in [0.1, 0.15) is 11.5 Å². The minimum Gasteiger partial charge on any atom is -0.389 e. The number of carbonyl (C=O) groups is 1. The molecule has 0 unspecified atom stereocenters. The maximum absolute atomic E-state index is 15.0. The molecule has 194 valence electrons.